The molecule has 176 valence electrons. The van der Waals surface area contributed by atoms with Crippen molar-refractivity contribution in [2.75, 3.05) is 12.4 Å². The molecule has 2 aromatic carbocycles. The van der Waals surface area contributed by atoms with Crippen molar-refractivity contribution in [2.24, 2.45) is 17.6 Å². The van der Waals surface area contributed by atoms with Crippen LogP contribution in [0.25, 0.3) is 0 Å². The molecule has 1 spiro atoms. The molecule has 2 aromatic rings. The summed E-state index contributed by atoms with van der Waals surface area (Å²) in [5.74, 6) is -3.05. The molecular weight excluding hydrogens is 436 g/mol. The molecule has 0 radical (unpaired) electrons. The number of nitrogens with two attached hydrogens (primary N) is 1. The van der Waals surface area contributed by atoms with E-state index in [0.717, 1.165) is 16.7 Å². The fraction of sp³-hybridized carbons (Fsp3) is 0.360. The monoisotopic (exact) mass is 462 g/mol. The van der Waals surface area contributed by atoms with E-state index >= 15 is 0 Å². The number of methoxy groups -OCH3 is 1. The topological polar surface area (TPSA) is 131 Å². The molecule has 4 amide bonds. The summed E-state index contributed by atoms with van der Waals surface area (Å²) in [4.78, 5) is 53.9. The summed E-state index contributed by atoms with van der Waals surface area (Å²) in [6.45, 7) is 3.90. The van der Waals surface area contributed by atoms with E-state index in [0.29, 0.717) is 17.0 Å². The highest BCUT2D eigenvalue weighted by Gasteiger charge is 2.70. The lowest BCUT2D eigenvalue weighted by Crippen LogP contribution is -2.53. The van der Waals surface area contributed by atoms with Crippen LogP contribution in [0.3, 0.4) is 0 Å². The molecule has 3 heterocycles. The van der Waals surface area contributed by atoms with Crippen LogP contribution in [0, 0.1) is 25.7 Å². The average molecular weight is 463 g/mol. The second-order valence-electron chi connectivity index (χ2n) is 9.23. The Morgan fingerprint density at radius 1 is 1.09 bits per heavy atom. The third-order valence-electron chi connectivity index (χ3n) is 7.43. The lowest BCUT2D eigenvalue weighted by Gasteiger charge is -2.29. The molecule has 0 aromatic heterocycles. The van der Waals surface area contributed by atoms with Crippen LogP contribution < -0.4 is 21.1 Å². The molecule has 0 aliphatic carbocycles. The molecule has 0 bridgehead atoms. The van der Waals surface area contributed by atoms with E-state index in [9.17, 15) is 19.2 Å². The van der Waals surface area contributed by atoms with Crippen LogP contribution in [0.2, 0.25) is 0 Å². The smallest absolute Gasteiger partial charge is 0.250 e. The Labute approximate surface area is 196 Å². The summed E-state index contributed by atoms with van der Waals surface area (Å²) in [5.41, 5.74) is 7.94. The van der Waals surface area contributed by atoms with Gasteiger partial charge in [-0.05, 0) is 42.7 Å². The normalized spacial score (nSPS) is 27.2. The van der Waals surface area contributed by atoms with E-state index in [4.69, 9.17) is 10.5 Å². The number of amides is 4. The van der Waals surface area contributed by atoms with Gasteiger partial charge in [-0.1, -0.05) is 24.3 Å². The van der Waals surface area contributed by atoms with Gasteiger partial charge < -0.3 is 15.8 Å². The Bertz CT molecular complexity index is 1240. The number of ether oxygens (including phenoxy) is 1. The number of nitrogens with one attached hydrogen (secondary N) is 2. The molecule has 3 aliphatic heterocycles. The van der Waals surface area contributed by atoms with Crippen molar-refractivity contribution in [3.05, 3.63) is 58.7 Å². The van der Waals surface area contributed by atoms with Gasteiger partial charge in [0, 0.05) is 23.7 Å². The van der Waals surface area contributed by atoms with Crippen LogP contribution in [-0.2, 0) is 31.3 Å². The van der Waals surface area contributed by atoms with Crippen LogP contribution >= 0.6 is 0 Å². The molecule has 0 unspecified atom stereocenters. The summed E-state index contributed by atoms with van der Waals surface area (Å²) in [6, 6.07) is 10.1. The van der Waals surface area contributed by atoms with E-state index in [1.165, 1.54) is 4.90 Å². The summed E-state index contributed by atoms with van der Waals surface area (Å²) >= 11 is 0. The summed E-state index contributed by atoms with van der Waals surface area (Å²) in [6.07, 6.45) is -0.161. The maximum Gasteiger partial charge on any atom is 0.250 e. The van der Waals surface area contributed by atoms with Crippen LogP contribution in [0.1, 0.15) is 28.7 Å². The van der Waals surface area contributed by atoms with Gasteiger partial charge in [-0.2, -0.15) is 0 Å². The number of likely N-dealkylation sites (tertiary alicyclic amines) is 1. The second kappa shape index (κ2) is 7.66. The highest BCUT2D eigenvalue weighted by molar-refractivity contribution is 6.15. The van der Waals surface area contributed by atoms with Gasteiger partial charge in [-0.15, -0.1) is 0 Å². The Kier molecular flexibility index (Phi) is 4.98. The molecule has 5 rings (SSSR count). The van der Waals surface area contributed by atoms with Gasteiger partial charge in [0.1, 0.15) is 11.3 Å². The highest BCUT2D eigenvalue weighted by Crippen LogP contribution is 2.54. The third-order valence-corrected chi connectivity index (χ3v) is 7.43. The quantitative estimate of drug-likeness (QED) is 0.571. The first-order chi connectivity index (χ1) is 16.2. The van der Waals surface area contributed by atoms with Gasteiger partial charge in [0.15, 0.2) is 0 Å². The number of primary amides is 1. The summed E-state index contributed by atoms with van der Waals surface area (Å²) in [5, 5.41) is 6.14. The zero-order valence-electron chi connectivity index (χ0n) is 19.2. The molecule has 4 atom stereocenters. The summed E-state index contributed by atoms with van der Waals surface area (Å²) < 4.78 is 5.18. The molecule has 2 fully saturated rings. The van der Waals surface area contributed by atoms with Gasteiger partial charge in [0.2, 0.25) is 23.6 Å². The molecule has 0 saturated carbocycles. The average Bonchev–Trinajstić information content (AvgIpc) is 3.37. The minimum Gasteiger partial charge on any atom is -0.497 e. The van der Waals surface area contributed by atoms with Gasteiger partial charge in [-0.3, -0.25) is 29.4 Å². The predicted octanol–water partition coefficient (Wildman–Crippen LogP) is 1.11. The number of imide groups is 1. The van der Waals surface area contributed by atoms with E-state index in [1.807, 2.05) is 26.0 Å². The number of fused-ring (bicyclic) bond motifs is 4. The maximum atomic E-state index is 13.8. The van der Waals surface area contributed by atoms with E-state index in [-0.39, 0.29) is 13.0 Å². The van der Waals surface area contributed by atoms with E-state index in [2.05, 4.69) is 10.6 Å². The Morgan fingerprint density at radius 3 is 2.44 bits per heavy atom. The standard InChI is InChI=1S/C25H26N4O5/c1-12-4-9-16-21(13(12)2)27-24(33)25(16)20-19(17(28-25)10-18(26)30)22(31)29(23(20)32)11-14-5-7-15(34-3)8-6-14/h4-9,17,19-20,28H,10-11H2,1-3H3,(H2,26,30)(H,27,33)/t17-,19+,20-,25+/m0/s1. The first kappa shape index (κ1) is 22.1. The van der Waals surface area contributed by atoms with Crippen molar-refractivity contribution in [1.29, 1.82) is 0 Å². The van der Waals surface area contributed by atoms with Crippen molar-refractivity contribution in [1.82, 2.24) is 10.2 Å². The number of aryl methyl sites for hydroxylation is 1. The number of hydrogen-bond acceptors (Lipinski definition) is 6. The van der Waals surface area contributed by atoms with E-state index < -0.39 is 47.0 Å². The Balaban J connectivity index is 1.59. The Morgan fingerprint density at radius 2 is 1.79 bits per heavy atom. The molecule has 9 nitrogen and oxygen atoms in total. The number of benzene rings is 2. The number of rotatable bonds is 5. The van der Waals surface area contributed by atoms with Crippen molar-refractivity contribution < 1.29 is 23.9 Å². The zero-order valence-corrected chi connectivity index (χ0v) is 19.2. The maximum absolute atomic E-state index is 13.8. The highest BCUT2D eigenvalue weighted by atomic mass is 16.5. The SMILES string of the molecule is COc1ccc(CN2C(=O)[C@@H]3[C@H](CC(N)=O)N[C@@]4(C(=O)Nc5c4ccc(C)c5C)[C@@H]3C2=O)cc1. The van der Waals surface area contributed by atoms with Gasteiger partial charge in [0.25, 0.3) is 0 Å². The predicted molar refractivity (Wildman–Crippen MR) is 122 cm³/mol. The lowest BCUT2D eigenvalue weighted by atomic mass is 9.76. The fourth-order valence-corrected chi connectivity index (χ4v) is 5.64. The van der Waals surface area contributed by atoms with E-state index in [1.54, 1.807) is 31.4 Å². The number of anilines is 1. The fourth-order valence-electron chi connectivity index (χ4n) is 5.64. The minimum absolute atomic E-state index is 0.0649. The van der Waals surface area contributed by atoms with Crippen LogP contribution in [0.4, 0.5) is 5.69 Å². The number of carbonyl (C=O) groups is 4. The van der Waals surface area contributed by atoms with Crippen LogP contribution in [0.5, 0.6) is 5.75 Å². The number of carbonyl (C=O) groups excluding carboxylic acids is 4. The van der Waals surface area contributed by atoms with Crippen molar-refractivity contribution >= 4 is 29.3 Å². The van der Waals surface area contributed by atoms with Crippen molar-refractivity contribution in [3.8, 4) is 5.75 Å². The minimum atomic E-state index is -1.44. The second-order valence-corrected chi connectivity index (χ2v) is 9.23. The Hall–Kier alpha value is -3.72. The molecule has 3 aliphatic rings. The summed E-state index contributed by atoms with van der Waals surface area (Å²) in [7, 11) is 1.56. The molecule has 2 saturated heterocycles. The molecule has 9 heteroatoms. The van der Waals surface area contributed by atoms with Gasteiger partial charge >= 0.3 is 0 Å². The number of nitrogens with zero attached hydrogens (tertiary/aromatic N) is 1. The molecule has 4 N–H and O–H groups in total. The molecule has 34 heavy (non-hydrogen) atoms. The van der Waals surface area contributed by atoms with Crippen molar-refractivity contribution in [2.45, 2.75) is 38.4 Å². The van der Waals surface area contributed by atoms with Crippen LogP contribution in [-0.4, -0.2) is 41.7 Å². The lowest BCUT2D eigenvalue weighted by molar-refractivity contribution is -0.143. The van der Waals surface area contributed by atoms with Gasteiger partial charge in [0.05, 0.1) is 25.5 Å². The first-order valence-electron chi connectivity index (χ1n) is 11.1. The third kappa shape index (κ3) is 2.96. The zero-order chi connectivity index (χ0) is 24.4. The largest absolute Gasteiger partial charge is 0.497 e. The van der Waals surface area contributed by atoms with Gasteiger partial charge in [-0.25, -0.2) is 0 Å². The van der Waals surface area contributed by atoms with Crippen molar-refractivity contribution in [3.63, 3.8) is 0 Å². The van der Waals surface area contributed by atoms with Crippen LogP contribution in [0.15, 0.2) is 36.4 Å². The first-order valence-corrected chi connectivity index (χ1v) is 11.1. The molecular formula is C25H26N4O5. The number of hydrogen-bond donors (Lipinski definition) is 3.